The average Bonchev–Trinajstić information content (AvgIpc) is 1.88. The molecule has 0 spiro atoms. The molecule has 10 heavy (non-hydrogen) atoms. The van der Waals surface area contributed by atoms with Crippen molar-refractivity contribution >= 4 is 12.4 Å². The molecule has 0 saturated carbocycles. The van der Waals surface area contributed by atoms with Crippen LogP contribution in [0.1, 0.15) is 6.42 Å². The van der Waals surface area contributed by atoms with Crippen molar-refractivity contribution in [1.82, 2.24) is 10.6 Å². The van der Waals surface area contributed by atoms with Gasteiger partial charge in [-0.25, -0.2) is 4.79 Å². The summed E-state index contributed by atoms with van der Waals surface area (Å²) < 4.78 is 0. The smallest absolute Gasteiger partial charge is 0.313 e. The van der Waals surface area contributed by atoms with Gasteiger partial charge in [-0.3, -0.25) is 4.99 Å². The van der Waals surface area contributed by atoms with Crippen molar-refractivity contribution in [1.29, 1.82) is 0 Å². The summed E-state index contributed by atoms with van der Waals surface area (Å²) >= 11 is 0. The van der Waals surface area contributed by atoms with Crippen LogP contribution in [0.25, 0.3) is 0 Å². The topological polar surface area (TPSA) is 79.5 Å². The lowest BCUT2D eigenvalue weighted by Crippen LogP contribution is -2.41. The molecule has 1 heterocycles. The van der Waals surface area contributed by atoms with Gasteiger partial charge in [0, 0.05) is 13.0 Å². The van der Waals surface area contributed by atoms with E-state index in [2.05, 4.69) is 15.6 Å². The molecule has 5 nitrogen and oxygen atoms in total. The van der Waals surface area contributed by atoms with Crippen LogP contribution in [0, 0.1) is 0 Å². The molecular weight excluding hydrogens is 132 g/mol. The standard InChI is InChI=1S/C5H10N4O/c6-5(10)9-4-1-2-7-3-8-4/h3-4H,1-2H2,(H,7,8)(H3,6,9,10). The Morgan fingerprint density at radius 2 is 2.70 bits per heavy atom. The molecule has 4 N–H and O–H groups in total. The molecule has 0 aliphatic carbocycles. The maximum absolute atomic E-state index is 10.3. The summed E-state index contributed by atoms with van der Waals surface area (Å²) in [5, 5.41) is 5.39. The summed E-state index contributed by atoms with van der Waals surface area (Å²) in [6, 6.07) is -0.524. The zero-order valence-electron chi connectivity index (χ0n) is 5.50. The van der Waals surface area contributed by atoms with Crippen LogP contribution in [0.3, 0.4) is 0 Å². The summed E-state index contributed by atoms with van der Waals surface area (Å²) in [5.74, 6) is 0. The highest BCUT2D eigenvalue weighted by molar-refractivity contribution is 5.72. The number of hydrogen-bond acceptors (Lipinski definition) is 3. The molecule has 1 unspecified atom stereocenters. The quantitative estimate of drug-likeness (QED) is 0.439. The zero-order chi connectivity index (χ0) is 7.40. The van der Waals surface area contributed by atoms with Crippen LogP contribution in [0.4, 0.5) is 4.79 Å². The van der Waals surface area contributed by atoms with Crippen molar-refractivity contribution in [3.8, 4) is 0 Å². The minimum absolute atomic E-state index is 0.140. The molecule has 0 bridgehead atoms. The fourth-order valence-corrected chi connectivity index (χ4v) is 0.775. The van der Waals surface area contributed by atoms with Crippen molar-refractivity contribution in [3.63, 3.8) is 0 Å². The van der Waals surface area contributed by atoms with E-state index in [1.54, 1.807) is 6.34 Å². The maximum atomic E-state index is 10.3. The summed E-state index contributed by atoms with van der Waals surface area (Å²) in [5.41, 5.74) is 4.88. The van der Waals surface area contributed by atoms with Gasteiger partial charge in [0.2, 0.25) is 0 Å². The minimum atomic E-state index is -0.524. The number of nitrogens with zero attached hydrogens (tertiary/aromatic N) is 1. The Morgan fingerprint density at radius 1 is 1.90 bits per heavy atom. The molecule has 0 aromatic carbocycles. The lowest BCUT2D eigenvalue weighted by atomic mass is 10.3. The van der Waals surface area contributed by atoms with Gasteiger partial charge in [0.25, 0.3) is 0 Å². The Hall–Kier alpha value is -1.26. The number of carbonyl (C=O) groups is 1. The summed E-state index contributed by atoms with van der Waals surface area (Å²) in [4.78, 5) is 14.2. The molecule has 0 aromatic heterocycles. The highest BCUT2D eigenvalue weighted by Crippen LogP contribution is 1.94. The van der Waals surface area contributed by atoms with E-state index < -0.39 is 6.03 Å². The summed E-state index contributed by atoms with van der Waals surface area (Å²) in [6.07, 6.45) is 2.22. The number of primary amides is 1. The Labute approximate surface area is 58.7 Å². The number of hydrogen-bond donors (Lipinski definition) is 3. The van der Waals surface area contributed by atoms with Gasteiger partial charge in [-0.1, -0.05) is 0 Å². The van der Waals surface area contributed by atoms with Gasteiger partial charge in [0.1, 0.15) is 6.17 Å². The molecule has 0 radical (unpaired) electrons. The molecule has 0 fully saturated rings. The molecule has 1 aliphatic heterocycles. The van der Waals surface area contributed by atoms with E-state index >= 15 is 0 Å². The highest BCUT2D eigenvalue weighted by atomic mass is 16.2. The molecule has 1 atom stereocenters. The van der Waals surface area contributed by atoms with E-state index in [4.69, 9.17) is 5.73 Å². The number of aliphatic imine (C=N–C) groups is 1. The van der Waals surface area contributed by atoms with Gasteiger partial charge in [-0.2, -0.15) is 0 Å². The Bertz CT molecular complexity index is 156. The predicted octanol–water partition coefficient (Wildman–Crippen LogP) is -0.998. The van der Waals surface area contributed by atoms with Crippen molar-refractivity contribution in [2.45, 2.75) is 12.6 Å². The van der Waals surface area contributed by atoms with Crippen molar-refractivity contribution < 1.29 is 4.79 Å². The number of amides is 2. The first-order chi connectivity index (χ1) is 4.79. The normalized spacial score (nSPS) is 23.4. The first-order valence-corrected chi connectivity index (χ1v) is 3.10. The molecule has 1 rings (SSSR count). The predicted molar refractivity (Wildman–Crippen MR) is 37.6 cm³/mol. The van der Waals surface area contributed by atoms with E-state index in [1.165, 1.54) is 0 Å². The lowest BCUT2D eigenvalue weighted by Gasteiger charge is -2.16. The van der Waals surface area contributed by atoms with Gasteiger partial charge in [0.05, 0.1) is 6.34 Å². The molecule has 2 amide bonds. The van der Waals surface area contributed by atoms with Crippen LogP contribution < -0.4 is 16.4 Å². The van der Waals surface area contributed by atoms with Crippen molar-refractivity contribution in [3.05, 3.63) is 0 Å². The second kappa shape index (κ2) is 3.05. The van der Waals surface area contributed by atoms with Crippen LogP contribution in [0.5, 0.6) is 0 Å². The second-order valence-corrected chi connectivity index (χ2v) is 2.05. The van der Waals surface area contributed by atoms with Gasteiger partial charge >= 0.3 is 6.03 Å². The highest BCUT2D eigenvalue weighted by Gasteiger charge is 2.08. The largest absolute Gasteiger partial charge is 0.376 e. The number of nitrogens with one attached hydrogen (secondary N) is 2. The second-order valence-electron chi connectivity index (χ2n) is 2.05. The van der Waals surface area contributed by atoms with E-state index in [0.29, 0.717) is 0 Å². The number of nitrogens with two attached hydrogens (primary N) is 1. The van der Waals surface area contributed by atoms with Gasteiger partial charge in [-0.05, 0) is 0 Å². The Balaban J connectivity index is 2.33. The molecule has 56 valence electrons. The first-order valence-electron chi connectivity index (χ1n) is 3.10. The van der Waals surface area contributed by atoms with E-state index in [9.17, 15) is 4.79 Å². The Kier molecular flexibility index (Phi) is 2.09. The average molecular weight is 142 g/mol. The first kappa shape index (κ1) is 6.85. The number of urea groups is 1. The molecule has 0 saturated heterocycles. The molecule has 0 aromatic rings. The number of carbonyl (C=O) groups excluding carboxylic acids is 1. The van der Waals surface area contributed by atoms with E-state index in [1.807, 2.05) is 0 Å². The third-order valence-corrected chi connectivity index (χ3v) is 1.22. The minimum Gasteiger partial charge on any atom is -0.376 e. The van der Waals surface area contributed by atoms with Gasteiger partial charge in [-0.15, -0.1) is 0 Å². The third kappa shape index (κ3) is 1.93. The summed E-state index contributed by atoms with van der Waals surface area (Å²) in [7, 11) is 0. The third-order valence-electron chi connectivity index (χ3n) is 1.22. The SMILES string of the molecule is NC(=O)NC1CCNC=N1. The van der Waals surface area contributed by atoms with Gasteiger partial charge in [0.15, 0.2) is 0 Å². The number of rotatable bonds is 1. The zero-order valence-corrected chi connectivity index (χ0v) is 5.50. The van der Waals surface area contributed by atoms with Crippen LogP contribution >= 0.6 is 0 Å². The summed E-state index contributed by atoms with van der Waals surface area (Å²) in [6.45, 7) is 0.828. The molecular formula is C5H10N4O. The van der Waals surface area contributed by atoms with Crippen LogP contribution in [-0.2, 0) is 0 Å². The van der Waals surface area contributed by atoms with Crippen LogP contribution in [-0.4, -0.2) is 25.1 Å². The van der Waals surface area contributed by atoms with Crippen LogP contribution in [0.2, 0.25) is 0 Å². The van der Waals surface area contributed by atoms with Crippen molar-refractivity contribution in [2.24, 2.45) is 10.7 Å². The van der Waals surface area contributed by atoms with E-state index in [0.717, 1.165) is 13.0 Å². The maximum Gasteiger partial charge on any atom is 0.313 e. The molecule has 1 aliphatic rings. The fraction of sp³-hybridized carbons (Fsp3) is 0.600. The Morgan fingerprint density at radius 3 is 3.20 bits per heavy atom. The van der Waals surface area contributed by atoms with Crippen molar-refractivity contribution in [2.75, 3.05) is 6.54 Å². The molecule has 5 heteroatoms. The monoisotopic (exact) mass is 142 g/mol. The fourth-order valence-electron chi connectivity index (χ4n) is 0.775. The van der Waals surface area contributed by atoms with Gasteiger partial charge < -0.3 is 16.4 Å². The van der Waals surface area contributed by atoms with E-state index in [-0.39, 0.29) is 6.17 Å². The lowest BCUT2D eigenvalue weighted by molar-refractivity contribution is 0.244. The van der Waals surface area contributed by atoms with Crippen LogP contribution in [0.15, 0.2) is 4.99 Å².